The molecule has 0 bridgehead atoms. The number of ether oxygens (including phenoxy) is 2. The molecule has 0 aromatic rings. The lowest BCUT2D eigenvalue weighted by atomic mass is 10.1. The standard InChI is InChI=1S/C13H22O4/c1-4-6-7-8-13(15)17-11(5-2)9-10-12(14)16-3/h6-7,11H,4-5,8-10H2,1-3H3/b7-6+. The Balaban J connectivity index is 3.91. The molecule has 4 nitrogen and oxygen atoms in total. The summed E-state index contributed by atoms with van der Waals surface area (Å²) in [6.45, 7) is 3.93. The topological polar surface area (TPSA) is 52.6 Å². The van der Waals surface area contributed by atoms with Crippen LogP contribution in [0.4, 0.5) is 0 Å². The number of hydrogen-bond donors (Lipinski definition) is 0. The zero-order valence-electron chi connectivity index (χ0n) is 10.9. The first kappa shape index (κ1) is 15.7. The van der Waals surface area contributed by atoms with E-state index in [1.54, 1.807) is 6.08 Å². The molecule has 0 amide bonds. The van der Waals surface area contributed by atoms with E-state index in [1.165, 1.54) is 7.11 Å². The third-order valence-corrected chi connectivity index (χ3v) is 2.34. The van der Waals surface area contributed by atoms with E-state index in [1.807, 2.05) is 19.9 Å². The second-order valence-electron chi connectivity index (χ2n) is 3.72. The van der Waals surface area contributed by atoms with Crippen molar-refractivity contribution in [3.05, 3.63) is 12.2 Å². The Labute approximate surface area is 103 Å². The molecule has 4 heteroatoms. The first-order valence-electron chi connectivity index (χ1n) is 6.05. The van der Waals surface area contributed by atoms with Crippen LogP contribution in [0.25, 0.3) is 0 Å². The summed E-state index contributed by atoms with van der Waals surface area (Å²) in [5.41, 5.74) is 0. The largest absolute Gasteiger partial charge is 0.469 e. The average molecular weight is 242 g/mol. The summed E-state index contributed by atoms with van der Waals surface area (Å²) >= 11 is 0. The van der Waals surface area contributed by atoms with Gasteiger partial charge in [0.25, 0.3) is 0 Å². The van der Waals surface area contributed by atoms with E-state index in [-0.39, 0.29) is 24.5 Å². The fraction of sp³-hybridized carbons (Fsp3) is 0.692. The van der Waals surface area contributed by atoms with Crippen LogP contribution in [0.1, 0.15) is 46.0 Å². The SMILES string of the molecule is CC/C=C/CC(=O)OC(CC)CCC(=O)OC. The summed E-state index contributed by atoms with van der Waals surface area (Å²) in [5.74, 6) is -0.517. The Hall–Kier alpha value is -1.32. The smallest absolute Gasteiger partial charge is 0.309 e. The van der Waals surface area contributed by atoms with E-state index in [0.717, 1.165) is 6.42 Å². The molecular formula is C13H22O4. The molecular weight excluding hydrogens is 220 g/mol. The Morgan fingerprint density at radius 3 is 2.41 bits per heavy atom. The van der Waals surface area contributed by atoms with Crippen LogP contribution in [0.2, 0.25) is 0 Å². The van der Waals surface area contributed by atoms with E-state index in [9.17, 15) is 9.59 Å². The van der Waals surface area contributed by atoms with Gasteiger partial charge >= 0.3 is 11.9 Å². The average Bonchev–Trinajstić information content (AvgIpc) is 2.34. The van der Waals surface area contributed by atoms with E-state index in [0.29, 0.717) is 19.3 Å². The number of rotatable bonds is 8. The van der Waals surface area contributed by atoms with Gasteiger partial charge in [-0.15, -0.1) is 0 Å². The van der Waals surface area contributed by atoms with Gasteiger partial charge in [-0.3, -0.25) is 9.59 Å². The zero-order chi connectivity index (χ0) is 13.1. The number of carbonyl (C=O) groups is 2. The van der Waals surface area contributed by atoms with Crippen molar-refractivity contribution in [3.8, 4) is 0 Å². The van der Waals surface area contributed by atoms with Gasteiger partial charge in [0.2, 0.25) is 0 Å². The summed E-state index contributed by atoms with van der Waals surface area (Å²) in [5, 5.41) is 0. The van der Waals surface area contributed by atoms with Crippen LogP contribution in [-0.4, -0.2) is 25.2 Å². The van der Waals surface area contributed by atoms with Crippen molar-refractivity contribution in [1.29, 1.82) is 0 Å². The molecule has 0 saturated heterocycles. The molecule has 1 unspecified atom stereocenters. The summed E-state index contributed by atoms with van der Waals surface area (Å²) in [7, 11) is 1.35. The molecule has 0 aliphatic heterocycles. The van der Waals surface area contributed by atoms with Crippen LogP contribution in [0.15, 0.2) is 12.2 Å². The highest BCUT2D eigenvalue weighted by Gasteiger charge is 2.13. The van der Waals surface area contributed by atoms with E-state index < -0.39 is 0 Å². The quantitative estimate of drug-likeness (QED) is 0.485. The van der Waals surface area contributed by atoms with Crippen molar-refractivity contribution in [2.24, 2.45) is 0 Å². The van der Waals surface area contributed by atoms with E-state index in [4.69, 9.17) is 4.74 Å². The number of allylic oxidation sites excluding steroid dienone is 1. The molecule has 0 aromatic heterocycles. The van der Waals surface area contributed by atoms with Gasteiger partial charge in [-0.25, -0.2) is 0 Å². The molecule has 1 atom stereocenters. The van der Waals surface area contributed by atoms with Crippen molar-refractivity contribution in [1.82, 2.24) is 0 Å². The molecule has 0 aliphatic rings. The molecule has 0 aromatic carbocycles. The monoisotopic (exact) mass is 242 g/mol. The van der Waals surface area contributed by atoms with Crippen LogP contribution in [-0.2, 0) is 19.1 Å². The molecule has 98 valence electrons. The summed E-state index contributed by atoms with van der Waals surface area (Å²) in [6, 6.07) is 0. The molecule has 0 radical (unpaired) electrons. The number of esters is 2. The lowest BCUT2D eigenvalue weighted by Crippen LogP contribution is -2.18. The van der Waals surface area contributed by atoms with Crippen LogP contribution in [0, 0.1) is 0 Å². The third kappa shape index (κ3) is 8.48. The predicted molar refractivity (Wildman–Crippen MR) is 65.5 cm³/mol. The molecule has 17 heavy (non-hydrogen) atoms. The molecule has 0 spiro atoms. The Morgan fingerprint density at radius 2 is 1.88 bits per heavy atom. The number of hydrogen-bond acceptors (Lipinski definition) is 4. The third-order valence-electron chi connectivity index (χ3n) is 2.34. The second-order valence-corrected chi connectivity index (χ2v) is 3.72. The highest BCUT2D eigenvalue weighted by atomic mass is 16.5. The molecule has 0 saturated carbocycles. The second kappa shape index (κ2) is 9.87. The van der Waals surface area contributed by atoms with E-state index >= 15 is 0 Å². The van der Waals surface area contributed by atoms with Crippen LogP contribution >= 0.6 is 0 Å². The number of methoxy groups -OCH3 is 1. The van der Waals surface area contributed by atoms with Crippen LogP contribution in [0.5, 0.6) is 0 Å². The molecule has 0 fully saturated rings. The van der Waals surface area contributed by atoms with Crippen molar-refractivity contribution in [2.75, 3.05) is 7.11 Å². The minimum absolute atomic E-state index is 0.198. The Kier molecular flexibility index (Phi) is 9.11. The minimum Gasteiger partial charge on any atom is -0.469 e. The summed E-state index contributed by atoms with van der Waals surface area (Å²) in [4.78, 5) is 22.4. The number of carbonyl (C=O) groups excluding carboxylic acids is 2. The van der Waals surface area contributed by atoms with Gasteiger partial charge in [0.1, 0.15) is 6.10 Å². The normalized spacial score (nSPS) is 12.4. The van der Waals surface area contributed by atoms with Crippen LogP contribution < -0.4 is 0 Å². The zero-order valence-corrected chi connectivity index (χ0v) is 10.9. The van der Waals surface area contributed by atoms with Gasteiger partial charge in [-0.2, -0.15) is 0 Å². The molecule has 0 heterocycles. The summed E-state index contributed by atoms with van der Waals surface area (Å²) < 4.78 is 9.78. The fourth-order valence-corrected chi connectivity index (χ4v) is 1.31. The highest BCUT2D eigenvalue weighted by molar-refractivity contribution is 5.71. The maximum Gasteiger partial charge on any atom is 0.309 e. The predicted octanol–water partition coefficient (Wildman–Crippen LogP) is 2.62. The van der Waals surface area contributed by atoms with Gasteiger partial charge < -0.3 is 9.47 Å². The first-order valence-corrected chi connectivity index (χ1v) is 6.05. The molecule has 0 aliphatic carbocycles. The van der Waals surface area contributed by atoms with Gasteiger partial charge in [0, 0.05) is 6.42 Å². The first-order chi connectivity index (χ1) is 8.13. The van der Waals surface area contributed by atoms with Crippen molar-refractivity contribution in [2.45, 2.75) is 52.1 Å². The van der Waals surface area contributed by atoms with Crippen molar-refractivity contribution < 1.29 is 19.1 Å². The molecule has 0 N–H and O–H groups in total. The molecule has 0 rings (SSSR count). The highest BCUT2D eigenvalue weighted by Crippen LogP contribution is 2.09. The van der Waals surface area contributed by atoms with Crippen LogP contribution in [0.3, 0.4) is 0 Å². The maximum atomic E-state index is 11.4. The minimum atomic E-state index is -0.273. The lowest BCUT2D eigenvalue weighted by Gasteiger charge is -2.14. The summed E-state index contributed by atoms with van der Waals surface area (Å²) in [6.07, 6.45) is 6.25. The lowest BCUT2D eigenvalue weighted by molar-refractivity contribution is -0.150. The van der Waals surface area contributed by atoms with Crippen molar-refractivity contribution in [3.63, 3.8) is 0 Å². The van der Waals surface area contributed by atoms with Gasteiger partial charge in [-0.1, -0.05) is 26.0 Å². The van der Waals surface area contributed by atoms with E-state index in [2.05, 4.69) is 4.74 Å². The fourth-order valence-electron chi connectivity index (χ4n) is 1.31. The van der Waals surface area contributed by atoms with Crippen molar-refractivity contribution >= 4 is 11.9 Å². The Bertz CT molecular complexity index is 258. The Morgan fingerprint density at radius 1 is 1.18 bits per heavy atom. The van der Waals surface area contributed by atoms with Gasteiger partial charge in [0.15, 0.2) is 0 Å². The van der Waals surface area contributed by atoms with Gasteiger partial charge in [0.05, 0.1) is 13.5 Å². The van der Waals surface area contributed by atoms with Gasteiger partial charge in [-0.05, 0) is 19.3 Å². The maximum absolute atomic E-state index is 11.4.